The van der Waals surface area contributed by atoms with Gasteiger partial charge in [0.2, 0.25) is 0 Å². The summed E-state index contributed by atoms with van der Waals surface area (Å²) in [5.41, 5.74) is 2.50. The van der Waals surface area contributed by atoms with E-state index in [-0.39, 0.29) is 6.61 Å². The van der Waals surface area contributed by atoms with Crippen LogP contribution in [-0.2, 0) is 4.74 Å². The summed E-state index contributed by atoms with van der Waals surface area (Å²) in [5.74, 6) is 0.166. The highest BCUT2D eigenvalue weighted by Crippen LogP contribution is 2.20. The molecule has 0 fully saturated rings. The number of aryl methyl sites for hydroxylation is 2. The number of carbonyl (C=O) groups excluding carboxylic acids is 2. The summed E-state index contributed by atoms with van der Waals surface area (Å²) < 4.78 is 10.1. The highest BCUT2D eigenvalue weighted by Gasteiger charge is 2.15. The Bertz CT molecular complexity index is 790. The largest absolute Gasteiger partial charge is 0.497 e. The summed E-state index contributed by atoms with van der Waals surface area (Å²) >= 11 is 0. The van der Waals surface area contributed by atoms with Crippen molar-refractivity contribution in [2.24, 2.45) is 0 Å². The van der Waals surface area contributed by atoms with Crippen molar-refractivity contribution >= 4 is 23.4 Å². The Morgan fingerprint density at radius 2 is 1.88 bits per heavy atom. The predicted molar refractivity (Wildman–Crippen MR) is 95.3 cm³/mol. The summed E-state index contributed by atoms with van der Waals surface area (Å²) in [4.78, 5) is 28.5. The van der Waals surface area contributed by atoms with Crippen LogP contribution in [0.2, 0.25) is 0 Å². The van der Waals surface area contributed by atoms with Gasteiger partial charge in [-0.15, -0.1) is 0 Å². The molecule has 0 radical (unpaired) electrons. The summed E-state index contributed by atoms with van der Waals surface area (Å²) in [5, 5.41) is 5.41. The number of ether oxygens (including phenoxy) is 2. The molecule has 1 aromatic carbocycles. The van der Waals surface area contributed by atoms with Crippen molar-refractivity contribution in [3.8, 4) is 5.75 Å². The fourth-order valence-corrected chi connectivity index (χ4v) is 2.25. The molecule has 0 spiro atoms. The Morgan fingerprint density at radius 1 is 1.12 bits per heavy atom. The molecule has 0 atom stereocenters. The third-order valence-corrected chi connectivity index (χ3v) is 3.47. The van der Waals surface area contributed by atoms with Gasteiger partial charge in [-0.25, -0.2) is 9.59 Å². The maximum atomic E-state index is 12.2. The first kappa shape index (κ1) is 18.3. The lowest BCUT2D eigenvalue weighted by atomic mass is 10.1. The monoisotopic (exact) mass is 343 g/mol. The number of hydrogen-bond acceptors (Lipinski definition) is 5. The number of esters is 1. The van der Waals surface area contributed by atoms with Crippen LogP contribution < -0.4 is 15.4 Å². The Hall–Kier alpha value is -3.09. The van der Waals surface area contributed by atoms with E-state index in [0.29, 0.717) is 34.1 Å². The molecule has 1 aromatic heterocycles. The quantitative estimate of drug-likeness (QED) is 0.811. The minimum Gasteiger partial charge on any atom is -0.497 e. The number of benzene rings is 1. The molecular weight excluding hydrogens is 322 g/mol. The Labute approximate surface area is 146 Å². The van der Waals surface area contributed by atoms with Crippen LogP contribution in [0.5, 0.6) is 5.75 Å². The van der Waals surface area contributed by atoms with Gasteiger partial charge in [0.15, 0.2) is 0 Å². The summed E-state index contributed by atoms with van der Waals surface area (Å²) in [6, 6.07) is 8.11. The van der Waals surface area contributed by atoms with Crippen molar-refractivity contribution in [1.29, 1.82) is 0 Å². The number of carbonyl (C=O) groups is 2. The minimum atomic E-state index is -0.469. The van der Waals surface area contributed by atoms with Crippen LogP contribution in [0, 0.1) is 13.8 Å². The highest BCUT2D eigenvalue weighted by atomic mass is 16.5. The van der Waals surface area contributed by atoms with Gasteiger partial charge in [-0.1, -0.05) is 6.07 Å². The van der Waals surface area contributed by atoms with Gasteiger partial charge in [-0.2, -0.15) is 0 Å². The summed E-state index contributed by atoms with van der Waals surface area (Å²) in [7, 11) is 1.55. The van der Waals surface area contributed by atoms with Gasteiger partial charge in [0.25, 0.3) is 0 Å². The molecule has 2 rings (SSSR count). The van der Waals surface area contributed by atoms with Crippen LogP contribution in [-0.4, -0.2) is 30.7 Å². The van der Waals surface area contributed by atoms with Crippen LogP contribution in [0.25, 0.3) is 0 Å². The second kappa shape index (κ2) is 8.14. The van der Waals surface area contributed by atoms with E-state index in [1.165, 1.54) is 0 Å². The van der Waals surface area contributed by atoms with E-state index in [4.69, 9.17) is 9.47 Å². The highest BCUT2D eigenvalue weighted by molar-refractivity contribution is 6.01. The van der Waals surface area contributed by atoms with Crippen LogP contribution in [0.15, 0.2) is 30.3 Å². The third kappa shape index (κ3) is 4.69. The number of anilines is 2. The van der Waals surface area contributed by atoms with E-state index in [0.717, 1.165) is 0 Å². The Morgan fingerprint density at radius 3 is 2.56 bits per heavy atom. The molecule has 132 valence electrons. The number of hydrogen-bond donors (Lipinski definition) is 2. The second-order valence-corrected chi connectivity index (χ2v) is 5.29. The molecule has 0 saturated heterocycles. The first-order valence-electron chi connectivity index (χ1n) is 7.82. The van der Waals surface area contributed by atoms with Crippen molar-refractivity contribution in [3.05, 3.63) is 47.3 Å². The molecule has 25 heavy (non-hydrogen) atoms. The van der Waals surface area contributed by atoms with Crippen LogP contribution in [0.3, 0.4) is 0 Å². The Kier molecular flexibility index (Phi) is 5.94. The molecule has 2 N–H and O–H groups in total. The molecule has 7 heteroatoms. The molecule has 0 aliphatic heterocycles. The first-order chi connectivity index (χ1) is 11.9. The smallest absolute Gasteiger partial charge is 0.340 e. The van der Waals surface area contributed by atoms with Crippen molar-refractivity contribution in [2.45, 2.75) is 20.8 Å². The van der Waals surface area contributed by atoms with Gasteiger partial charge < -0.3 is 20.1 Å². The van der Waals surface area contributed by atoms with Crippen molar-refractivity contribution in [3.63, 3.8) is 0 Å². The zero-order valence-electron chi connectivity index (χ0n) is 14.7. The predicted octanol–water partition coefficient (Wildman–Crippen LogP) is 3.53. The summed E-state index contributed by atoms with van der Waals surface area (Å²) in [6.45, 7) is 5.48. The Balaban J connectivity index is 2.16. The number of methoxy groups -OCH3 is 1. The molecule has 0 unspecified atom stereocenters. The van der Waals surface area contributed by atoms with E-state index in [9.17, 15) is 9.59 Å². The zero-order chi connectivity index (χ0) is 18.4. The molecule has 2 amide bonds. The molecule has 7 nitrogen and oxygen atoms in total. The number of amides is 2. The summed E-state index contributed by atoms with van der Waals surface area (Å²) in [6.07, 6.45) is 0. The second-order valence-electron chi connectivity index (χ2n) is 5.29. The van der Waals surface area contributed by atoms with Gasteiger partial charge in [-0.3, -0.25) is 4.98 Å². The van der Waals surface area contributed by atoms with E-state index < -0.39 is 12.0 Å². The number of nitrogens with zero attached hydrogens (tertiary/aromatic N) is 1. The maximum Gasteiger partial charge on any atom is 0.340 e. The van der Waals surface area contributed by atoms with E-state index in [2.05, 4.69) is 15.6 Å². The third-order valence-electron chi connectivity index (χ3n) is 3.47. The standard InChI is InChI=1S/C18H21N3O4/c1-5-25-17(22)15-10-16(12(3)19-11(15)2)21-18(23)20-13-7-6-8-14(9-13)24-4/h6-10H,5H2,1-4H3,(H2,20,21,23). The normalized spacial score (nSPS) is 10.1. The molecule has 0 aliphatic rings. The van der Waals surface area contributed by atoms with Crippen molar-refractivity contribution in [2.75, 3.05) is 24.4 Å². The van der Waals surface area contributed by atoms with E-state index in [1.54, 1.807) is 58.2 Å². The fourth-order valence-electron chi connectivity index (χ4n) is 2.25. The average molecular weight is 343 g/mol. The van der Waals surface area contributed by atoms with Crippen molar-refractivity contribution < 1.29 is 19.1 Å². The lowest BCUT2D eigenvalue weighted by Gasteiger charge is -2.13. The fraction of sp³-hybridized carbons (Fsp3) is 0.278. The van der Waals surface area contributed by atoms with Gasteiger partial charge in [0, 0.05) is 11.8 Å². The van der Waals surface area contributed by atoms with Crippen LogP contribution in [0.1, 0.15) is 28.7 Å². The number of urea groups is 1. The first-order valence-corrected chi connectivity index (χ1v) is 7.82. The number of nitrogens with one attached hydrogen (secondary N) is 2. The maximum absolute atomic E-state index is 12.2. The lowest BCUT2D eigenvalue weighted by molar-refractivity contribution is 0.0525. The van der Waals surface area contributed by atoms with Gasteiger partial charge >= 0.3 is 12.0 Å². The number of aromatic nitrogens is 1. The average Bonchev–Trinajstić information content (AvgIpc) is 2.57. The van der Waals surface area contributed by atoms with Gasteiger partial charge in [0.1, 0.15) is 5.75 Å². The molecule has 0 saturated carbocycles. The van der Waals surface area contributed by atoms with Crippen LogP contribution in [0.4, 0.5) is 16.2 Å². The molecule has 2 aromatic rings. The molecular formula is C18H21N3O4. The SMILES string of the molecule is CCOC(=O)c1cc(NC(=O)Nc2cccc(OC)c2)c(C)nc1C. The molecule has 0 bridgehead atoms. The van der Waals surface area contributed by atoms with Gasteiger partial charge in [-0.05, 0) is 39.0 Å². The van der Waals surface area contributed by atoms with Crippen LogP contribution >= 0.6 is 0 Å². The molecule has 1 heterocycles. The lowest BCUT2D eigenvalue weighted by Crippen LogP contribution is -2.21. The number of pyridine rings is 1. The van der Waals surface area contributed by atoms with E-state index >= 15 is 0 Å². The van der Waals surface area contributed by atoms with E-state index in [1.807, 2.05) is 0 Å². The van der Waals surface area contributed by atoms with Gasteiger partial charge in [0.05, 0.1) is 36.4 Å². The zero-order valence-corrected chi connectivity index (χ0v) is 14.7. The van der Waals surface area contributed by atoms with Crippen molar-refractivity contribution in [1.82, 2.24) is 4.98 Å². The topological polar surface area (TPSA) is 89.5 Å². The minimum absolute atomic E-state index is 0.269. The number of rotatable bonds is 5. The molecule has 0 aliphatic carbocycles.